The van der Waals surface area contributed by atoms with Crippen molar-refractivity contribution in [3.8, 4) is 5.75 Å². The Balaban J connectivity index is 0.000000673. The Labute approximate surface area is 225 Å². The second-order valence-electron chi connectivity index (χ2n) is 8.94. The summed E-state index contributed by atoms with van der Waals surface area (Å²) in [5, 5.41) is 17.9. The van der Waals surface area contributed by atoms with Crippen molar-refractivity contribution in [1.82, 2.24) is 9.57 Å². The Kier molecular flexibility index (Phi) is 10.3. The van der Waals surface area contributed by atoms with Gasteiger partial charge < -0.3 is 34.1 Å². The molecule has 10 nitrogen and oxygen atoms in total. The number of halogens is 3. The first kappa shape index (κ1) is 31.8. The van der Waals surface area contributed by atoms with Crippen LogP contribution >= 0.6 is 7.52 Å². The fraction of sp³-hybridized carbons (Fsp3) is 0.440. The van der Waals surface area contributed by atoms with Crippen LogP contribution in [0.3, 0.4) is 0 Å². The molecule has 214 valence electrons. The van der Waals surface area contributed by atoms with E-state index in [1.54, 1.807) is 18.6 Å². The standard InChI is InChI=1S/C23H30N3O5P.C2HF3O2/c1-7-30-32(29,26(6)13-12-22(27)28)23-18-10-8-16(24(2)3)14-20(18)31-21-15-17(25(4)5)9-11-19(21)23;3-2(4,5)1(6)7/h8-10,14-15,23H,7,12-13H2,1-6H3;(H,6,7). The molecule has 0 fully saturated rings. The summed E-state index contributed by atoms with van der Waals surface area (Å²) in [6.45, 7) is 2.11. The number of rotatable bonds is 9. The van der Waals surface area contributed by atoms with Gasteiger partial charge in [0.05, 0.1) is 19.1 Å². The van der Waals surface area contributed by atoms with E-state index in [1.165, 1.54) is 0 Å². The van der Waals surface area contributed by atoms with Crippen LogP contribution in [0.25, 0.3) is 0 Å². The van der Waals surface area contributed by atoms with Crippen molar-refractivity contribution in [2.45, 2.75) is 25.2 Å². The predicted molar refractivity (Wildman–Crippen MR) is 136 cm³/mol. The van der Waals surface area contributed by atoms with Crippen molar-refractivity contribution in [3.05, 3.63) is 59.0 Å². The van der Waals surface area contributed by atoms with E-state index in [4.69, 9.17) is 24.3 Å². The lowest BCUT2D eigenvalue weighted by molar-refractivity contribution is -0.344. The highest BCUT2D eigenvalue weighted by molar-refractivity contribution is 7.57. The van der Waals surface area contributed by atoms with Crippen LogP contribution in [-0.4, -0.2) is 81.2 Å². The number of carboxylic acid groups (broad SMARTS) is 2. The average Bonchev–Trinajstić information content (AvgIpc) is 2.84. The summed E-state index contributed by atoms with van der Waals surface area (Å²) in [4.78, 5) is 23.9. The zero-order valence-corrected chi connectivity index (χ0v) is 23.3. The van der Waals surface area contributed by atoms with Gasteiger partial charge in [-0.05, 0) is 20.0 Å². The molecule has 1 heterocycles. The Hall–Kier alpha value is -3.37. The molecule has 1 aliphatic heterocycles. The third kappa shape index (κ3) is 7.60. The molecule has 0 bridgehead atoms. The van der Waals surface area contributed by atoms with Crippen LogP contribution in [0.15, 0.2) is 47.4 Å². The van der Waals surface area contributed by atoms with E-state index >= 15 is 0 Å². The molecule has 0 saturated carbocycles. The van der Waals surface area contributed by atoms with Crippen LogP contribution in [0.1, 0.15) is 24.6 Å². The van der Waals surface area contributed by atoms with E-state index in [2.05, 4.69) is 6.08 Å². The molecule has 0 saturated heterocycles. The van der Waals surface area contributed by atoms with Crippen LogP contribution in [0.4, 0.5) is 18.9 Å². The van der Waals surface area contributed by atoms with Crippen LogP contribution in [0, 0.1) is 6.08 Å². The number of hydrogen-bond acceptors (Lipinski definition) is 8. The van der Waals surface area contributed by atoms with Crippen LogP contribution in [-0.2, 0) is 18.7 Å². The number of likely N-dealkylation sites (N-methyl/N-ethyl adjacent to an activating group) is 1. The van der Waals surface area contributed by atoms with Gasteiger partial charge in [-0.25, -0.2) is 4.67 Å². The van der Waals surface area contributed by atoms with E-state index in [0.29, 0.717) is 17.1 Å². The topological polar surface area (TPSA) is 123 Å². The summed E-state index contributed by atoms with van der Waals surface area (Å²) in [5.74, 6) is -2.79. The number of carbonyl (C=O) groups excluding carboxylic acids is 1. The Morgan fingerprint density at radius 2 is 1.79 bits per heavy atom. The highest BCUT2D eigenvalue weighted by Crippen LogP contribution is 2.68. The van der Waals surface area contributed by atoms with Crippen LogP contribution < -0.4 is 14.7 Å². The second-order valence-corrected chi connectivity index (χ2v) is 11.5. The van der Waals surface area contributed by atoms with E-state index in [0.717, 1.165) is 16.9 Å². The van der Waals surface area contributed by atoms with Gasteiger partial charge in [-0.2, -0.15) is 13.2 Å². The fourth-order valence-electron chi connectivity index (χ4n) is 3.71. The molecule has 0 spiro atoms. The zero-order valence-electron chi connectivity index (χ0n) is 22.4. The minimum absolute atomic E-state index is 0.0974. The lowest BCUT2D eigenvalue weighted by Crippen LogP contribution is -2.37. The molecule has 1 aliphatic carbocycles. The second kappa shape index (κ2) is 12.7. The number of benzene rings is 1. The lowest BCUT2D eigenvalue weighted by Gasteiger charge is -2.35. The first-order valence-corrected chi connectivity index (χ1v) is 13.4. The molecule has 0 aromatic heterocycles. The lowest BCUT2D eigenvalue weighted by atomic mass is 9.96. The number of carbonyl (C=O) groups is 2. The van der Waals surface area contributed by atoms with Gasteiger partial charge in [-0.1, -0.05) is 6.07 Å². The summed E-state index contributed by atoms with van der Waals surface area (Å²) in [6, 6.07) is 5.77. The highest BCUT2D eigenvalue weighted by atomic mass is 31.2. The molecule has 1 N–H and O–H groups in total. The average molecular weight is 574 g/mol. The van der Waals surface area contributed by atoms with Gasteiger partial charge in [0.15, 0.2) is 17.0 Å². The smallest absolute Gasteiger partial charge is 0.430 e. The number of allylic oxidation sites excluding steroid dienone is 4. The van der Waals surface area contributed by atoms with Gasteiger partial charge in [0.25, 0.3) is 7.52 Å². The number of anilines is 1. The van der Waals surface area contributed by atoms with Crippen molar-refractivity contribution >= 4 is 25.1 Å². The monoisotopic (exact) mass is 573 g/mol. The molecule has 2 unspecified atom stereocenters. The molecule has 0 amide bonds. The van der Waals surface area contributed by atoms with Crippen molar-refractivity contribution in [2.75, 3.05) is 53.3 Å². The highest BCUT2D eigenvalue weighted by Gasteiger charge is 2.50. The number of ether oxygens (including phenoxy) is 1. The maximum Gasteiger partial charge on any atom is 0.430 e. The van der Waals surface area contributed by atoms with Crippen molar-refractivity contribution in [2.24, 2.45) is 0 Å². The van der Waals surface area contributed by atoms with E-state index in [-0.39, 0.29) is 19.6 Å². The number of fused-ring (bicyclic) bond motifs is 1. The molecule has 0 radical (unpaired) electrons. The number of aliphatic carboxylic acids is 2. The Morgan fingerprint density at radius 3 is 2.28 bits per heavy atom. The van der Waals surface area contributed by atoms with Gasteiger partial charge in [0.1, 0.15) is 23.8 Å². The molecule has 1 aromatic rings. The first-order valence-electron chi connectivity index (χ1n) is 11.7. The summed E-state index contributed by atoms with van der Waals surface area (Å²) >= 11 is 0. The third-order valence-corrected chi connectivity index (χ3v) is 8.70. The fourth-order valence-corrected chi connectivity index (χ4v) is 6.30. The van der Waals surface area contributed by atoms with Crippen molar-refractivity contribution in [1.29, 1.82) is 0 Å². The maximum absolute atomic E-state index is 14.5. The third-order valence-electron chi connectivity index (χ3n) is 5.73. The predicted octanol–water partition coefficient (Wildman–Crippen LogP) is 3.19. The molecule has 14 heteroatoms. The van der Waals surface area contributed by atoms with Crippen LogP contribution in [0.5, 0.6) is 5.75 Å². The maximum atomic E-state index is 14.5. The molecule has 2 atom stereocenters. The van der Waals surface area contributed by atoms with Gasteiger partial charge in [-0.3, -0.25) is 9.36 Å². The molecule has 39 heavy (non-hydrogen) atoms. The van der Waals surface area contributed by atoms with Crippen LogP contribution in [0.2, 0.25) is 0 Å². The quantitative estimate of drug-likeness (QED) is 0.348. The molecule has 3 rings (SSSR count). The van der Waals surface area contributed by atoms with E-state index < -0.39 is 31.3 Å². The van der Waals surface area contributed by atoms with Gasteiger partial charge in [0.2, 0.25) is 5.76 Å². The SMILES string of the molecule is CCOP(=O)(C1C2=C(C=C(N(C)C)C=[C+]2)Oc2cc(N(C)C)ccc21)N(C)CCC(=O)O.O=C([O-])C(F)(F)F. The molecule has 1 aromatic carbocycles. The summed E-state index contributed by atoms with van der Waals surface area (Å²) in [7, 11) is 5.84. The number of alkyl halides is 3. The minimum Gasteiger partial charge on any atom is -0.542 e. The Bertz CT molecular complexity index is 1230. The van der Waals surface area contributed by atoms with E-state index in [1.807, 2.05) is 68.3 Å². The number of carboxylic acids is 2. The number of nitrogens with zero attached hydrogens (tertiary/aromatic N) is 3. The first-order chi connectivity index (χ1) is 18.0. The van der Waals surface area contributed by atoms with Gasteiger partial charge in [0, 0.05) is 52.1 Å². The van der Waals surface area contributed by atoms with Gasteiger partial charge in [-0.15, -0.1) is 0 Å². The summed E-state index contributed by atoms with van der Waals surface area (Å²) in [6.07, 6.45) is 1.68. The van der Waals surface area contributed by atoms with Gasteiger partial charge >= 0.3 is 12.1 Å². The molecular formula is C25H31F3N3O7P. The molecule has 2 aliphatic rings. The summed E-state index contributed by atoms with van der Waals surface area (Å²) in [5.41, 5.74) is 2.56. The normalized spacial score (nSPS) is 17.4. The van der Waals surface area contributed by atoms with Crippen molar-refractivity contribution in [3.63, 3.8) is 0 Å². The van der Waals surface area contributed by atoms with Crippen molar-refractivity contribution < 1.29 is 46.8 Å². The summed E-state index contributed by atoms with van der Waals surface area (Å²) < 4.78 is 59.7. The van der Waals surface area contributed by atoms with E-state index in [9.17, 15) is 22.5 Å². The largest absolute Gasteiger partial charge is 0.542 e. The zero-order chi connectivity index (χ0) is 29.7. The Morgan fingerprint density at radius 1 is 1.18 bits per heavy atom. The molecular weight excluding hydrogens is 542 g/mol. The number of hydrogen-bond donors (Lipinski definition) is 1. The minimum atomic E-state index is -5.19.